The molecule has 15 heavy (non-hydrogen) atoms. The Bertz CT molecular complexity index is 333. The monoisotopic (exact) mass is 222 g/mol. The van der Waals surface area contributed by atoms with Gasteiger partial charge in [-0.3, -0.25) is 4.79 Å². The third kappa shape index (κ3) is 4.08. The lowest BCUT2D eigenvalue weighted by Gasteiger charge is -2.07. The van der Waals surface area contributed by atoms with Crippen LogP contribution in [0.25, 0.3) is 0 Å². The molecule has 0 saturated carbocycles. The first-order valence-electron chi connectivity index (χ1n) is 5.35. The fraction of sp³-hybridized carbons (Fsp3) is 0.462. The number of carbonyl (C=O) groups excluding carboxylic acids is 1. The van der Waals surface area contributed by atoms with E-state index in [1.54, 1.807) is 11.8 Å². The average molecular weight is 222 g/mol. The predicted molar refractivity (Wildman–Crippen MR) is 66.4 cm³/mol. The summed E-state index contributed by atoms with van der Waals surface area (Å²) in [5.41, 5.74) is 1.25. The second-order valence-electron chi connectivity index (χ2n) is 3.88. The Kier molecular flexibility index (Phi) is 4.89. The number of ketones is 1. The number of benzene rings is 1. The third-order valence-corrected chi connectivity index (χ3v) is 3.55. The molecule has 0 N–H and O–H groups in total. The molecule has 1 aromatic rings. The quantitative estimate of drug-likeness (QED) is 0.707. The molecule has 2 heteroatoms. The molecule has 0 bridgehead atoms. The molecule has 0 radical (unpaired) electrons. The topological polar surface area (TPSA) is 17.1 Å². The molecule has 1 rings (SSSR count). The van der Waals surface area contributed by atoms with E-state index in [1.165, 1.54) is 10.5 Å². The van der Waals surface area contributed by atoms with Crippen LogP contribution in [0.3, 0.4) is 0 Å². The van der Waals surface area contributed by atoms with Crippen LogP contribution in [0.2, 0.25) is 0 Å². The molecule has 1 unspecified atom stereocenters. The number of Topliss-reactive ketones (excluding diaryl/α,β-unsaturated/α-hetero) is 1. The standard InChI is InChI=1S/C13H18OS/c1-4-11(3)13(14)9-15-12-7-5-6-10(2)8-12/h5-8,11H,4,9H2,1-3H3. The van der Waals surface area contributed by atoms with Crippen LogP contribution in [0, 0.1) is 12.8 Å². The molecular formula is C13H18OS. The predicted octanol–water partition coefficient (Wildman–Crippen LogP) is 3.70. The van der Waals surface area contributed by atoms with E-state index in [1.807, 2.05) is 13.0 Å². The molecule has 0 aromatic heterocycles. The van der Waals surface area contributed by atoms with Crippen LogP contribution in [0.1, 0.15) is 25.8 Å². The molecule has 0 fully saturated rings. The highest BCUT2D eigenvalue weighted by molar-refractivity contribution is 8.00. The minimum atomic E-state index is 0.197. The molecule has 82 valence electrons. The van der Waals surface area contributed by atoms with E-state index in [2.05, 4.69) is 32.0 Å². The van der Waals surface area contributed by atoms with Crippen LogP contribution in [-0.2, 0) is 4.79 Å². The zero-order valence-electron chi connectivity index (χ0n) is 9.62. The van der Waals surface area contributed by atoms with Gasteiger partial charge in [0.1, 0.15) is 5.78 Å². The Hall–Kier alpha value is -0.760. The number of rotatable bonds is 5. The summed E-state index contributed by atoms with van der Waals surface area (Å²) in [6.07, 6.45) is 0.938. The van der Waals surface area contributed by atoms with Crippen molar-refractivity contribution in [2.75, 3.05) is 5.75 Å². The van der Waals surface area contributed by atoms with Gasteiger partial charge in [0.25, 0.3) is 0 Å². The van der Waals surface area contributed by atoms with Gasteiger partial charge >= 0.3 is 0 Å². The van der Waals surface area contributed by atoms with Crippen LogP contribution in [-0.4, -0.2) is 11.5 Å². The number of hydrogen-bond acceptors (Lipinski definition) is 2. The van der Waals surface area contributed by atoms with E-state index >= 15 is 0 Å². The minimum absolute atomic E-state index is 0.197. The summed E-state index contributed by atoms with van der Waals surface area (Å²) in [5, 5.41) is 0. The number of hydrogen-bond donors (Lipinski definition) is 0. The lowest BCUT2D eigenvalue weighted by atomic mass is 10.1. The van der Waals surface area contributed by atoms with Gasteiger partial charge in [0.2, 0.25) is 0 Å². The van der Waals surface area contributed by atoms with E-state index < -0.39 is 0 Å². The minimum Gasteiger partial charge on any atom is -0.298 e. The summed E-state index contributed by atoms with van der Waals surface area (Å²) >= 11 is 1.64. The smallest absolute Gasteiger partial charge is 0.145 e. The zero-order chi connectivity index (χ0) is 11.3. The Labute approximate surface area is 96.3 Å². The number of aryl methyl sites for hydroxylation is 1. The highest BCUT2D eigenvalue weighted by atomic mass is 32.2. The van der Waals surface area contributed by atoms with Crippen LogP contribution in [0.15, 0.2) is 29.2 Å². The molecule has 1 atom stereocenters. The molecule has 0 aliphatic heterocycles. The van der Waals surface area contributed by atoms with Crippen LogP contribution >= 0.6 is 11.8 Å². The normalized spacial score (nSPS) is 12.5. The van der Waals surface area contributed by atoms with Gasteiger partial charge in [0, 0.05) is 10.8 Å². The Balaban J connectivity index is 2.47. The summed E-state index contributed by atoms with van der Waals surface area (Å²) < 4.78 is 0. The summed E-state index contributed by atoms with van der Waals surface area (Å²) in [4.78, 5) is 12.8. The second kappa shape index (κ2) is 5.96. The Morgan fingerprint density at radius 3 is 2.80 bits per heavy atom. The van der Waals surface area contributed by atoms with Crippen LogP contribution in [0.4, 0.5) is 0 Å². The first-order valence-corrected chi connectivity index (χ1v) is 6.34. The van der Waals surface area contributed by atoms with E-state index in [0.29, 0.717) is 11.5 Å². The average Bonchev–Trinajstić information content (AvgIpc) is 2.25. The van der Waals surface area contributed by atoms with Gasteiger partial charge in [0.15, 0.2) is 0 Å². The van der Waals surface area contributed by atoms with Gasteiger partial charge in [0.05, 0.1) is 5.75 Å². The lowest BCUT2D eigenvalue weighted by molar-refractivity contribution is -0.119. The fourth-order valence-corrected chi connectivity index (χ4v) is 2.27. The van der Waals surface area contributed by atoms with Crippen molar-refractivity contribution in [3.8, 4) is 0 Å². The third-order valence-electron chi connectivity index (χ3n) is 2.53. The highest BCUT2D eigenvalue weighted by Gasteiger charge is 2.10. The van der Waals surface area contributed by atoms with Crippen molar-refractivity contribution in [2.45, 2.75) is 32.1 Å². The van der Waals surface area contributed by atoms with Crippen molar-refractivity contribution in [2.24, 2.45) is 5.92 Å². The van der Waals surface area contributed by atoms with Crippen molar-refractivity contribution in [1.82, 2.24) is 0 Å². The van der Waals surface area contributed by atoms with Gasteiger partial charge in [-0.15, -0.1) is 11.8 Å². The van der Waals surface area contributed by atoms with Crippen LogP contribution in [0.5, 0.6) is 0 Å². The van der Waals surface area contributed by atoms with Crippen molar-refractivity contribution < 1.29 is 4.79 Å². The maximum Gasteiger partial charge on any atom is 0.145 e. The molecule has 0 aliphatic carbocycles. The highest BCUT2D eigenvalue weighted by Crippen LogP contribution is 2.20. The van der Waals surface area contributed by atoms with Crippen LogP contribution < -0.4 is 0 Å². The number of thioether (sulfide) groups is 1. The maximum absolute atomic E-state index is 11.6. The van der Waals surface area contributed by atoms with E-state index in [-0.39, 0.29) is 5.92 Å². The van der Waals surface area contributed by atoms with Gasteiger partial charge in [-0.25, -0.2) is 0 Å². The van der Waals surface area contributed by atoms with E-state index in [0.717, 1.165) is 6.42 Å². The van der Waals surface area contributed by atoms with E-state index in [4.69, 9.17) is 0 Å². The first-order chi connectivity index (χ1) is 7.13. The molecule has 0 saturated heterocycles. The van der Waals surface area contributed by atoms with Crippen molar-refractivity contribution in [3.05, 3.63) is 29.8 Å². The molecular weight excluding hydrogens is 204 g/mol. The zero-order valence-corrected chi connectivity index (χ0v) is 10.4. The first kappa shape index (κ1) is 12.3. The summed E-state index contributed by atoms with van der Waals surface area (Å²) in [7, 11) is 0. The van der Waals surface area contributed by atoms with Crippen molar-refractivity contribution in [1.29, 1.82) is 0 Å². The molecule has 0 amide bonds. The summed E-state index contributed by atoms with van der Waals surface area (Å²) in [5.74, 6) is 1.14. The SMILES string of the molecule is CCC(C)C(=O)CSc1cccc(C)c1. The van der Waals surface area contributed by atoms with Crippen molar-refractivity contribution in [3.63, 3.8) is 0 Å². The molecule has 1 aromatic carbocycles. The van der Waals surface area contributed by atoms with Gasteiger partial charge in [-0.1, -0.05) is 31.5 Å². The molecule has 0 spiro atoms. The lowest BCUT2D eigenvalue weighted by Crippen LogP contribution is -2.12. The molecule has 1 nitrogen and oxygen atoms in total. The van der Waals surface area contributed by atoms with Crippen molar-refractivity contribution >= 4 is 17.5 Å². The summed E-state index contributed by atoms with van der Waals surface area (Å²) in [6, 6.07) is 8.28. The maximum atomic E-state index is 11.6. The van der Waals surface area contributed by atoms with Gasteiger partial charge in [-0.05, 0) is 25.5 Å². The van der Waals surface area contributed by atoms with E-state index in [9.17, 15) is 4.79 Å². The summed E-state index contributed by atoms with van der Waals surface area (Å²) in [6.45, 7) is 6.12. The fourth-order valence-electron chi connectivity index (χ4n) is 1.23. The van der Waals surface area contributed by atoms with Gasteiger partial charge in [-0.2, -0.15) is 0 Å². The largest absolute Gasteiger partial charge is 0.298 e. The van der Waals surface area contributed by atoms with Gasteiger partial charge < -0.3 is 0 Å². The Morgan fingerprint density at radius 2 is 2.20 bits per heavy atom. The Morgan fingerprint density at radius 1 is 1.47 bits per heavy atom. The molecule has 0 aliphatic rings. The molecule has 0 heterocycles. The second-order valence-corrected chi connectivity index (χ2v) is 4.93. The number of carbonyl (C=O) groups is 1.